The van der Waals surface area contributed by atoms with E-state index in [1.807, 2.05) is 30.5 Å². The van der Waals surface area contributed by atoms with Crippen LogP contribution in [0.25, 0.3) is 10.6 Å². The molecular weight excluding hydrogens is 402 g/mol. The number of carbonyl (C=O) groups is 1. The van der Waals surface area contributed by atoms with E-state index in [0.29, 0.717) is 17.3 Å². The summed E-state index contributed by atoms with van der Waals surface area (Å²) in [5.41, 5.74) is 8.01. The molecular formula is C18H19N3O3S3. The van der Waals surface area contributed by atoms with Crippen molar-refractivity contribution in [3.8, 4) is 22.1 Å². The van der Waals surface area contributed by atoms with E-state index in [1.54, 1.807) is 37.3 Å². The molecule has 3 aromatic rings. The summed E-state index contributed by atoms with van der Waals surface area (Å²) < 4.78 is 11.8. The van der Waals surface area contributed by atoms with Gasteiger partial charge in [-0.05, 0) is 19.1 Å². The fraction of sp³-hybridized carbons (Fsp3) is 0.278. The standard InChI is InChI=1S/C18H19N3O3S3/c1-10-14(7-15(19)22)27-18(20-10)26-9-11-8-25-17(21-11)12-5-4-6-13(23-2)16(12)24-3/h4-6,8H,7,9H2,1-3H3,(H2,19,22). The third-order valence-electron chi connectivity index (χ3n) is 3.74. The second kappa shape index (κ2) is 8.73. The van der Waals surface area contributed by atoms with Gasteiger partial charge in [0.25, 0.3) is 0 Å². The van der Waals surface area contributed by atoms with Crippen molar-refractivity contribution in [3.05, 3.63) is 39.8 Å². The van der Waals surface area contributed by atoms with Gasteiger partial charge in [-0.15, -0.1) is 22.7 Å². The molecule has 142 valence electrons. The molecule has 2 aromatic heterocycles. The molecule has 2 heterocycles. The van der Waals surface area contributed by atoms with Crippen molar-refractivity contribution in [1.29, 1.82) is 0 Å². The fourth-order valence-corrected chi connectivity index (χ4v) is 5.56. The van der Waals surface area contributed by atoms with E-state index in [0.717, 1.165) is 31.2 Å². The summed E-state index contributed by atoms with van der Waals surface area (Å²) in [6.45, 7) is 1.90. The lowest BCUT2D eigenvalue weighted by Gasteiger charge is -2.10. The predicted octanol–water partition coefficient (Wildman–Crippen LogP) is 3.91. The highest BCUT2D eigenvalue weighted by Crippen LogP contribution is 2.39. The number of para-hydroxylation sites is 1. The number of hydrogen-bond acceptors (Lipinski definition) is 8. The number of amides is 1. The maximum atomic E-state index is 11.1. The Kier molecular flexibility index (Phi) is 6.35. The smallest absolute Gasteiger partial charge is 0.222 e. The summed E-state index contributed by atoms with van der Waals surface area (Å²) in [6, 6.07) is 5.75. The van der Waals surface area contributed by atoms with Crippen molar-refractivity contribution in [2.24, 2.45) is 5.73 Å². The van der Waals surface area contributed by atoms with Crippen LogP contribution in [-0.2, 0) is 17.0 Å². The Balaban J connectivity index is 1.73. The Morgan fingerprint density at radius 2 is 2.07 bits per heavy atom. The van der Waals surface area contributed by atoms with Crippen molar-refractivity contribution in [3.63, 3.8) is 0 Å². The van der Waals surface area contributed by atoms with Crippen molar-refractivity contribution in [2.75, 3.05) is 14.2 Å². The van der Waals surface area contributed by atoms with Crippen LogP contribution in [0.5, 0.6) is 11.5 Å². The number of hydrogen-bond donors (Lipinski definition) is 1. The zero-order valence-corrected chi connectivity index (χ0v) is 17.6. The molecule has 0 fully saturated rings. The highest BCUT2D eigenvalue weighted by Gasteiger charge is 2.15. The summed E-state index contributed by atoms with van der Waals surface area (Å²) in [6.07, 6.45) is 0.237. The van der Waals surface area contributed by atoms with Crippen LogP contribution in [0.2, 0.25) is 0 Å². The SMILES string of the molecule is COc1cccc(-c2nc(CSc3nc(C)c(CC(N)=O)s3)cs2)c1OC. The molecule has 0 unspecified atom stereocenters. The number of primary amides is 1. The number of benzene rings is 1. The molecule has 9 heteroatoms. The van der Waals surface area contributed by atoms with Gasteiger partial charge in [-0.1, -0.05) is 17.8 Å². The number of aromatic nitrogens is 2. The summed E-state index contributed by atoms with van der Waals surface area (Å²) in [5, 5.41) is 2.91. The van der Waals surface area contributed by atoms with Crippen molar-refractivity contribution < 1.29 is 14.3 Å². The van der Waals surface area contributed by atoms with E-state index < -0.39 is 0 Å². The van der Waals surface area contributed by atoms with Crippen molar-refractivity contribution >= 4 is 40.3 Å². The first-order valence-electron chi connectivity index (χ1n) is 8.05. The minimum atomic E-state index is -0.338. The lowest BCUT2D eigenvalue weighted by atomic mass is 10.2. The van der Waals surface area contributed by atoms with Gasteiger partial charge in [-0.25, -0.2) is 9.97 Å². The third kappa shape index (κ3) is 4.60. The van der Waals surface area contributed by atoms with Crippen LogP contribution in [0.4, 0.5) is 0 Å². The minimum absolute atomic E-state index is 0.237. The largest absolute Gasteiger partial charge is 0.493 e. The molecule has 0 aliphatic heterocycles. The number of methoxy groups -OCH3 is 2. The number of thiazole rings is 2. The molecule has 0 spiro atoms. The molecule has 27 heavy (non-hydrogen) atoms. The van der Waals surface area contributed by atoms with Gasteiger partial charge in [-0.3, -0.25) is 4.79 Å². The molecule has 1 amide bonds. The van der Waals surface area contributed by atoms with E-state index in [-0.39, 0.29) is 12.3 Å². The Bertz CT molecular complexity index is 952. The summed E-state index contributed by atoms with van der Waals surface area (Å²) in [4.78, 5) is 21.3. The van der Waals surface area contributed by atoms with Gasteiger partial charge in [0.2, 0.25) is 5.91 Å². The van der Waals surface area contributed by atoms with Crippen LogP contribution in [0.3, 0.4) is 0 Å². The molecule has 0 saturated carbocycles. The molecule has 0 radical (unpaired) electrons. The topological polar surface area (TPSA) is 87.3 Å². The first kappa shape index (κ1) is 19.7. The Morgan fingerprint density at radius 1 is 1.26 bits per heavy atom. The quantitative estimate of drug-likeness (QED) is 0.555. The number of thioether (sulfide) groups is 1. The first-order valence-corrected chi connectivity index (χ1v) is 10.7. The molecule has 2 N–H and O–H groups in total. The maximum absolute atomic E-state index is 11.1. The minimum Gasteiger partial charge on any atom is -0.493 e. The monoisotopic (exact) mass is 421 g/mol. The van der Waals surface area contributed by atoms with Crippen LogP contribution in [0.15, 0.2) is 27.9 Å². The zero-order chi connectivity index (χ0) is 19.4. The number of rotatable bonds is 8. The number of ether oxygens (including phenoxy) is 2. The summed E-state index contributed by atoms with van der Waals surface area (Å²) >= 11 is 4.68. The number of nitrogens with two attached hydrogens (primary N) is 1. The third-order valence-corrected chi connectivity index (χ3v) is 6.99. The maximum Gasteiger partial charge on any atom is 0.222 e. The van der Waals surface area contributed by atoms with Gasteiger partial charge in [0.1, 0.15) is 5.01 Å². The molecule has 0 saturated heterocycles. The summed E-state index contributed by atoms with van der Waals surface area (Å²) in [7, 11) is 3.24. The van der Waals surface area contributed by atoms with Crippen LogP contribution in [-0.4, -0.2) is 30.1 Å². The number of nitrogens with zero attached hydrogens (tertiary/aromatic N) is 2. The van der Waals surface area contributed by atoms with Crippen molar-refractivity contribution in [2.45, 2.75) is 23.4 Å². The predicted molar refractivity (Wildman–Crippen MR) is 110 cm³/mol. The van der Waals surface area contributed by atoms with Gasteiger partial charge < -0.3 is 15.2 Å². The van der Waals surface area contributed by atoms with Crippen LogP contribution >= 0.6 is 34.4 Å². The first-order chi connectivity index (χ1) is 13.0. The number of carbonyl (C=O) groups excluding carboxylic acids is 1. The average Bonchev–Trinajstić information content (AvgIpc) is 3.25. The van der Waals surface area contributed by atoms with E-state index in [1.165, 1.54) is 11.3 Å². The second-order valence-corrected chi connectivity index (χ2v) is 8.77. The van der Waals surface area contributed by atoms with Crippen LogP contribution in [0.1, 0.15) is 16.3 Å². The Labute approximate surface area is 169 Å². The second-order valence-electron chi connectivity index (χ2n) is 5.61. The molecule has 6 nitrogen and oxygen atoms in total. The van der Waals surface area contributed by atoms with Gasteiger partial charge >= 0.3 is 0 Å². The molecule has 0 bridgehead atoms. The lowest BCUT2D eigenvalue weighted by molar-refractivity contribution is -0.117. The highest BCUT2D eigenvalue weighted by molar-refractivity contribution is 8.00. The van der Waals surface area contributed by atoms with Crippen LogP contribution in [0, 0.1) is 6.92 Å². The van der Waals surface area contributed by atoms with Crippen molar-refractivity contribution in [1.82, 2.24) is 9.97 Å². The van der Waals surface area contributed by atoms with Crippen LogP contribution < -0.4 is 15.2 Å². The zero-order valence-electron chi connectivity index (χ0n) is 15.1. The normalized spacial score (nSPS) is 10.8. The molecule has 0 aliphatic rings. The van der Waals surface area contributed by atoms with E-state index >= 15 is 0 Å². The van der Waals surface area contributed by atoms with Gasteiger partial charge in [0, 0.05) is 16.0 Å². The lowest BCUT2D eigenvalue weighted by Crippen LogP contribution is -2.13. The van der Waals surface area contributed by atoms with Gasteiger partial charge in [0.05, 0.1) is 37.6 Å². The average molecular weight is 422 g/mol. The van der Waals surface area contributed by atoms with E-state index in [9.17, 15) is 4.79 Å². The molecule has 3 rings (SSSR count). The molecule has 1 aromatic carbocycles. The summed E-state index contributed by atoms with van der Waals surface area (Å²) in [5.74, 6) is 1.72. The van der Waals surface area contributed by atoms with Gasteiger partial charge in [0.15, 0.2) is 15.8 Å². The Hall–Kier alpha value is -2.10. The highest BCUT2D eigenvalue weighted by atomic mass is 32.2. The molecule has 0 aliphatic carbocycles. The number of aryl methyl sites for hydroxylation is 1. The van der Waals surface area contributed by atoms with E-state index in [4.69, 9.17) is 20.2 Å². The van der Waals surface area contributed by atoms with Gasteiger partial charge in [-0.2, -0.15) is 0 Å². The Morgan fingerprint density at radius 3 is 2.78 bits per heavy atom. The fourth-order valence-electron chi connectivity index (χ4n) is 2.47. The molecule has 0 atom stereocenters. The van der Waals surface area contributed by atoms with E-state index in [2.05, 4.69) is 4.98 Å².